The van der Waals surface area contributed by atoms with Gasteiger partial charge >= 0.3 is 0 Å². The van der Waals surface area contributed by atoms with Crippen LogP contribution in [0, 0.1) is 6.92 Å². The Balaban J connectivity index is 1.38. The van der Waals surface area contributed by atoms with Crippen LogP contribution in [0.4, 0.5) is 5.95 Å². The normalized spacial score (nSPS) is 21.1. The Morgan fingerprint density at radius 3 is 2.92 bits per heavy atom. The molecule has 1 amide bonds. The second-order valence-electron chi connectivity index (χ2n) is 6.90. The van der Waals surface area contributed by atoms with E-state index in [1.54, 1.807) is 13.0 Å². The van der Waals surface area contributed by atoms with Crippen LogP contribution in [0.15, 0.2) is 22.9 Å². The van der Waals surface area contributed by atoms with E-state index in [-0.39, 0.29) is 11.9 Å². The molecule has 138 valence electrons. The Morgan fingerprint density at radius 1 is 1.31 bits per heavy atom. The molecule has 2 aromatic heterocycles. The lowest BCUT2D eigenvalue weighted by atomic mass is 9.96. The van der Waals surface area contributed by atoms with Crippen molar-refractivity contribution in [3.63, 3.8) is 0 Å². The molecule has 0 aromatic carbocycles. The third-order valence-corrected chi connectivity index (χ3v) is 4.97. The van der Waals surface area contributed by atoms with E-state index in [1.165, 1.54) is 0 Å². The van der Waals surface area contributed by atoms with Crippen molar-refractivity contribution in [2.24, 2.45) is 0 Å². The van der Waals surface area contributed by atoms with E-state index >= 15 is 0 Å². The minimum atomic E-state index is -0.203. The highest BCUT2D eigenvalue weighted by atomic mass is 16.5. The summed E-state index contributed by atoms with van der Waals surface area (Å²) < 4.78 is 10.4. The number of hydrogen-bond donors (Lipinski definition) is 1. The summed E-state index contributed by atoms with van der Waals surface area (Å²) >= 11 is 0. The predicted octanol–water partition coefficient (Wildman–Crippen LogP) is 1.68. The van der Waals surface area contributed by atoms with Crippen molar-refractivity contribution in [2.75, 3.05) is 31.2 Å². The topological polar surface area (TPSA) is 93.4 Å². The molecule has 2 fully saturated rings. The molecule has 1 N–H and O–H groups in total. The van der Waals surface area contributed by atoms with Crippen LogP contribution in [0.2, 0.25) is 0 Å². The summed E-state index contributed by atoms with van der Waals surface area (Å²) in [5.74, 6) is 1.61. The van der Waals surface area contributed by atoms with Crippen molar-refractivity contribution in [3.8, 4) is 0 Å². The number of ether oxygens (including phenoxy) is 1. The summed E-state index contributed by atoms with van der Waals surface area (Å²) in [5, 5.41) is 6.77. The third-order valence-electron chi connectivity index (χ3n) is 4.97. The molecule has 4 heterocycles. The van der Waals surface area contributed by atoms with Gasteiger partial charge in [0, 0.05) is 56.2 Å². The van der Waals surface area contributed by atoms with Gasteiger partial charge in [-0.15, -0.1) is 0 Å². The average molecular weight is 357 g/mol. The van der Waals surface area contributed by atoms with E-state index in [0.717, 1.165) is 50.7 Å². The number of aryl methyl sites for hydroxylation is 1. The number of carbonyl (C=O) groups excluding carboxylic acids is 1. The highest BCUT2D eigenvalue weighted by Crippen LogP contribution is 2.26. The second-order valence-corrected chi connectivity index (χ2v) is 6.90. The second kappa shape index (κ2) is 7.41. The van der Waals surface area contributed by atoms with Gasteiger partial charge in [-0.3, -0.25) is 4.79 Å². The lowest BCUT2D eigenvalue weighted by Crippen LogP contribution is -2.37. The molecule has 4 rings (SSSR count). The summed E-state index contributed by atoms with van der Waals surface area (Å²) in [4.78, 5) is 23.6. The zero-order valence-corrected chi connectivity index (χ0v) is 14.9. The van der Waals surface area contributed by atoms with Crippen molar-refractivity contribution < 1.29 is 14.1 Å². The SMILES string of the molecule is Cc1cc(C(=O)NC2CCN(c3nccc(C4CCOCC4)n3)C2)no1. The van der Waals surface area contributed by atoms with Gasteiger partial charge in [-0.2, -0.15) is 0 Å². The molecule has 0 aliphatic carbocycles. The van der Waals surface area contributed by atoms with Crippen LogP contribution < -0.4 is 10.2 Å². The zero-order chi connectivity index (χ0) is 17.9. The van der Waals surface area contributed by atoms with E-state index < -0.39 is 0 Å². The Kier molecular flexibility index (Phi) is 4.83. The fourth-order valence-electron chi connectivity index (χ4n) is 3.53. The molecule has 0 radical (unpaired) electrons. The van der Waals surface area contributed by atoms with Crippen LogP contribution in [0.5, 0.6) is 0 Å². The van der Waals surface area contributed by atoms with Gasteiger partial charge in [-0.05, 0) is 32.3 Å². The predicted molar refractivity (Wildman–Crippen MR) is 94.2 cm³/mol. The number of rotatable bonds is 4. The summed E-state index contributed by atoms with van der Waals surface area (Å²) in [6.45, 7) is 4.87. The minimum absolute atomic E-state index is 0.0508. The number of amides is 1. The van der Waals surface area contributed by atoms with Crippen molar-refractivity contribution >= 4 is 11.9 Å². The van der Waals surface area contributed by atoms with Gasteiger partial charge in [-0.25, -0.2) is 9.97 Å². The Bertz CT molecular complexity index is 772. The summed E-state index contributed by atoms with van der Waals surface area (Å²) in [7, 11) is 0. The van der Waals surface area contributed by atoms with Crippen LogP contribution in [0.3, 0.4) is 0 Å². The maximum Gasteiger partial charge on any atom is 0.273 e. The smallest absolute Gasteiger partial charge is 0.273 e. The Morgan fingerprint density at radius 2 is 2.15 bits per heavy atom. The maximum absolute atomic E-state index is 12.2. The van der Waals surface area contributed by atoms with E-state index in [0.29, 0.717) is 23.9 Å². The van der Waals surface area contributed by atoms with E-state index in [4.69, 9.17) is 14.2 Å². The first kappa shape index (κ1) is 17.0. The number of nitrogens with zero attached hydrogens (tertiary/aromatic N) is 4. The molecular formula is C18H23N5O3. The standard InChI is InChI=1S/C18H23N5O3/c1-12-10-16(22-26-12)17(24)20-14-3-7-23(11-14)18-19-6-2-15(21-18)13-4-8-25-9-5-13/h2,6,10,13-14H,3-5,7-9,11H2,1H3,(H,20,24). The average Bonchev–Trinajstić information content (AvgIpc) is 3.32. The van der Waals surface area contributed by atoms with Crippen LogP contribution in [0.1, 0.15) is 47.1 Å². The van der Waals surface area contributed by atoms with Crippen molar-refractivity contribution in [2.45, 2.75) is 38.1 Å². The molecule has 2 aliphatic rings. The molecule has 0 spiro atoms. The minimum Gasteiger partial charge on any atom is -0.381 e. The lowest BCUT2D eigenvalue weighted by Gasteiger charge is -2.23. The number of hydrogen-bond acceptors (Lipinski definition) is 7. The van der Waals surface area contributed by atoms with Crippen molar-refractivity contribution in [3.05, 3.63) is 35.5 Å². The van der Waals surface area contributed by atoms with Gasteiger partial charge in [0.1, 0.15) is 5.76 Å². The molecule has 0 bridgehead atoms. The first-order valence-electron chi connectivity index (χ1n) is 9.09. The number of carbonyl (C=O) groups is 1. The fourth-order valence-corrected chi connectivity index (χ4v) is 3.53. The van der Waals surface area contributed by atoms with Crippen LogP contribution in [-0.2, 0) is 4.74 Å². The third kappa shape index (κ3) is 3.70. The molecular weight excluding hydrogens is 334 g/mol. The highest BCUT2D eigenvalue weighted by Gasteiger charge is 2.27. The number of anilines is 1. The fraction of sp³-hybridized carbons (Fsp3) is 0.556. The summed E-state index contributed by atoms with van der Waals surface area (Å²) in [6, 6.07) is 3.69. The number of nitrogens with one attached hydrogen (secondary N) is 1. The zero-order valence-electron chi connectivity index (χ0n) is 14.9. The Labute approximate surface area is 151 Å². The van der Waals surface area contributed by atoms with Gasteiger partial charge in [0.05, 0.1) is 0 Å². The van der Waals surface area contributed by atoms with Crippen molar-refractivity contribution in [1.82, 2.24) is 20.4 Å². The first-order chi connectivity index (χ1) is 12.7. The van der Waals surface area contributed by atoms with Gasteiger partial charge in [0.2, 0.25) is 5.95 Å². The largest absolute Gasteiger partial charge is 0.381 e. The lowest BCUT2D eigenvalue weighted by molar-refractivity contribution is 0.0845. The molecule has 1 unspecified atom stereocenters. The quantitative estimate of drug-likeness (QED) is 0.889. The van der Waals surface area contributed by atoms with E-state index in [2.05, 4.69) is 20.4 Å². The maximum atomic E-state index is 12.2. The van der Waals surface area contributed by atoms with Crippen LogP contribution in [-0.4, -0.2) is 53.4 Å². The molecule has 1 atom stereocenters. The molecule has 8 nitrogen and oxygen atoms in total. The van der Waals surface area contributed by atoms with E-state index in [1.807, 2.05) is 12.3 Å². The molecule has 2 aromatic rings. The van der Waals surface area contributed by atoms with E-state index in [9.17, 15) is 4.79 Å². The summed E-state index contributed by atoms with van der Waals surface area (Å²) in [5.41, 5.74) is 1.41. The van der Waals surface area contributed by atoms with Gasteiger partial charge < -0.3 is 19.5 Å². The van der Waals surface area contributed by atoms with Crippen molar-refractivity contribution in [1.29, 1.82) is 0 Å². The Hall–Kier alpha value is -2.48. The van der Waals surface area contributed by atoms with Crippen LogP contribution in [0.25, 0.3) is 0 Å². The van der Waals surface area contributed by atoms with Crippen LogP contribution >= 0.6 is 0 Å². The van der Waals surface area contributed by atoms with Gasteiger partial charge in [0.15, 0.2) is 5.69 Å². The number of aromatic nitrogens is 3. The summed E-state index contributed by atoms with van der Waals surface area (Å²) in [6.07, 6.45) is 4.70. The molecule has 26 heavy (non-hydrogen) atoms. The molecule has 2 saturated heterocycles. The molecule has 2 aliphatic heterocycles. The highest BCUT2D eigenvalue weighted by molar-refractivity contribution is 5.92. The van der Waals surface area contributed by atoms with Gasteiger partial charge in [0.25, 0.3) is 5.91 Å². The van der Waals surface area contributed by atoms with Gasteiger partial charge in [-0.1, -0.05) is 5.16 Å². The first-order valence-corrected chi connectivity index (χ1v) is 9.09. The molecule has 8 heteroatoms. The molecule has 0 saturated carbocycles. The monoisotopic (exact) mass is 357 g/mol.